The van der Waals surface area contributed by atoms with Crippen molar-refractivity contribution in [1.82, 2.24) is 19.9 Å². The molecule has 10 heteroatoms. The van der Waals surface area contributed by atoms with Crippen LogP contribution in [-0.2, 0) is 29.3 Å². The summed E-state index contributed by atoms with van der Waals surface area (Å²) in [5.74, 6) is 0.611. The highest BCUT2D eigenvalue weighted by atomic mass is 32.2. The van der Waals surface area contributed by atoms with Crippen molar-refractivity contribution in [2.75, 3.05) is 13.1 Å². The monoisotopic (exact) mass is 483 g/mol. The summed E-state index contributed by atoms with van der Waals surface area (Å²) < 4.78 is 25.9. The minimum Gasteiger partial charge on any atom is -0.305 e. The second-order valence-electron chi connectivity index (χ2n) is 8.49. The van der Waals surface area contributed by atoms with Crippen molar-refractivity contribution in [3.63, 3.8) is 0 Å². The SMILES string of the molecule is Cc1ccc(S(=O)(=O)c2ncc(CN3CCc4nc(C5=NCCCC5)[nH]c(=O)c4C3)s2)cc1. The molecular formula is C23H25N5O3S2. The number of nitrogens with zero attached hydrogens (tertiary/aromatic N) is 4. The third kappa shape index (κ3) is 4.55. The Morgan fingerprint density at radius 3 is 2.73 bits per heavy atom. The zero-order valence-electron chi connectivity index (χ0n) is 18.4. The Labute approximate surface area is 196 Å². The zero-order valence-corrected chi connectivity index (χ0v) is 20.0. The van der Waals surface area contributed by atoms with E-state index in [1.54, 1.807) is 30.5 Å². The Balaban J connectivity index is 1.32. The first-order chi connectivity index (χ1) is 15.9. The van der Waals surface area contributed by atoms with Gasteiger partial charge in [0.1, 0.15) is 0 Å². The Morgan fingerprint density at radius 2 is 1.97 bits per heavy atom. The average molecular weight is 484 g/mol. The number of hydrogen-bond donors (Lipinski definition) is 1. The lowest BCUT2D eigenvalue weighted by molar-refractivity contribution is 0.243. The molecular weight excluding hydrogens is 458 g/mol. The summed E-state index contributed by atoms with van der Waals surface area (Å²) >= 11 is 1.18. The maximum absolute atomic E-state index is 12.9. The Kier molecular flexibility index (Phi) is 5.98. The second kappa shape index (κ2) is 8.92. The number of aliphatic imine (C=N–C) groups is 1. The van der Waals surface area contributed by atoms with Crippen LogP contribution in [0.25, 0.3) is 0 Å². The fourth-order valence-corrected chi connectivity index (χ4v) is 6.79. The van der Waals surface area contributed by atoms with E-state index in [0.717, 1.165) is 54.2 Å². The summed E-state index contributed by atoms with van der Waals surface area (Å²) in [4.78, 5) is 32.4. The second-order valence-corrected chi connectivity index (χ2v) is 11.7. The van der Waals surface area contributed by atoms with Crippen molar-refractivity contribution in [2.24, 2.45) is 4.99 Å². The summed E-state index contributed by atoms with van der Waals surface area (Å²) in [5.41, 5.74) is 3.31. The molecule has 33 heavy (non-hydrogen) atoms. The van der Waals surface area contributed by atoms with E-state index in [2.05, 4.69) is 19.9 Å². The van der Waals surface area contributed by atoms with Gasteiger partial charge in [-0.3, -0.25) is 14.7 Å². The van der Waals surface area contributed by atoms with Crippen LogP contribution < -0.4 is 5.56 Å². The molecule has 0 saturated carbocycles. The Bertz CT molecular complexity index is 1370. The van der Waals surface area contributed by atoms with Crippen LogP contribution in [0.2, 0.25) is 0 Å². The summed E-state index contributed by atoms with van der Waals surface area (Å²) in [6, 6.07) is 6.79. The van der Waals surface area contributed by atoms with Gasteiger partial charge in [-0.05, 0) is 38.3 Å². The van der Waals surface area contributed by atoms with Crippen LogP contribution in [0.1, 0.15) is 46.8 Å². The van der Waals surface area contributed by atoms with Crippen molar-refractivity contribution in [3.05, 3.63) is 68.3 Å². The van der Waals surface area contributed by atoms with E-state index >= 15 is 0 Å². The van der Waals surface area contributed by atoms with Gasteiger partial charge in [0, 0.05) is 43.7 Å². The number of rotatable bonds is 5. The summed E-state index contributed by atoms with van der Waals surface area (Å²) in [5, 5.41) is 0. The number of thiazole rings is 1. The molecule has 0 radical (unpaired) electrons. The number of aromatic nitrogens is 3. The number of hydrogen-bond acceptors (Lipinski definition) is 8. The first-order valence-corrected chi connectivity index (χ1v) is 13.3. The molecule has 4 heterocycles. The molecule has 2 aliphatic heterocycles. The van der Waals surface area contributed by atoms with E-state index in [1.165, 1.54) is 11.3 Å². The lowest BCUT2D eigenvalue weighted by Gasteiger charge is -2.27. The molecule has 8 nitrogen and oxygen atoms in total. The fourth-order valence-electron chi connectivity index (χ4n) is 4.17. The highest BCUT2D eigenvalue weighted by molar-refractivity contribution is 7.93. The molecule has 0 unspecified atom stereocenters. The van der Waals surface area contributed by atoms with E-state index in [0.29, 0.717) is 30.9 Å². The standard InChI is InChI=1S/C23H25N5O3S2/c1-15-5-7-17(8-6-15)33(30,31)23-25-12-16(32-23)13-28-11-9-19-18(14-28)22(29)27-21(26-19)20-4-2-3-10-24-20/h5-8,12H,2-4,9-11,13-14H2,1H3,(H,26,27,29). The summed E-state index contributed by atoms with van der Waals surface area (Å²) in [6.45, 7) is 4.46. The van der Waals surface area contributed by atoms with Crippen molar-refractivity contribution in [1.29, 1.82) is 0 Å². The van der Waals surface area contributed by atoms with Gasteiger partial charge >= 0.3 is 0 Å². The lowest BCUT2D eigenvalue weighted by Crippen LogP contribution is -2.36. The zero-order chi connectivity index (χ0) is 23.0. The first kappa shape index (κ1) is 22.1. The largest absolute Gasteiger partial charge is 0.305 e. The van der Waals surface area contributed by atoms with Crippen LogP contribution in [0.3, 0.4) is 0 Å². The summed E-state index contributed by atoms with van der Waals surface area (Å²) in [7, 11) is -3.63. The number of aryl methyl sites for hydroxylation is 1. The Morgan fingerprint density at radius 1 is 1.15 bits per heavy atom. The molecule has 0 spiro atoms. The predicted octanol–water partition coefficient (Wildman–Crippen LogP) is 2.90. The molecule has 2 aliphatic rings. The first-order valence-electron chi connectivity index (χ1n) is 11.0. The highest BCUT2D eigenvalue weighted by Gasteiger charge is 2.25. The van der Waals surface area contributed by atoms with Crippen LogP contribution in [0.15, 0.2) is 49.5 Å². The van der Waals surface area contributed by atoms with Crippen molar-refractivity contribution >= 4 is 26.9 Å². The van der Waals surface area contributed by atoms with Gasteiger partial charge in [0.15, 0.2) is 5.82 Å². The minimum atomic E-state index is -3.63. The van der Waals surface area contributed by atoms with Crippen molar-refractivity contribution in [2.45, 2.75) is 54.9 Å². The number of aromatic amines is 1. The van der Waals surface area contributed by atoms with E-state index in [9.17, 15) is 13.2 Å². The van der Waals surface area contributed by atoms with Crippen LogP contribution >= 0.6 is 11.3 Å². The molecule has 1 N–H and O–H groups in total. The third-order valence-corrected chi connectivity index (χ3v) is 9.16. The molecule has 0 aliphatic carbocycles. The quantitative estimate of drug-likeness (QED) is 0.598. The van der Waals surface area contributed by atoms with Crippen molar-refractivity contribution in [3.8, 4) is 0 Å². The molecule has 2 aromatic heterocycles. The number of H-pyrrole nitrogens is 1. The van der Waals surface area contributed by atoms with Crippen LogP contribution in [0, 0.1) is 6.92 Å². The lowest BCUT2D eigenvalue weighted by atomic mass is 10.1. The van der Waals surface area contributed by atoms with Crippen molar-refractivity contribution < 1.29 is 8.42 Å². The van der Waals surface area contributed by atoms with Gasteiger partial charge < -0.3 is 4.98 Å². The molecule has 0 saturated heterocycles. The molecule has 3 aromatic rings. The normalized spacial score (nSPS) is 16.9. The van der Waals surface area contributed by atoms with Gasteiger partial charge in [-0.1, -0.05) is 17.7 Å². The van der Waals surface area contributed by atoms with Gasteiger partial charge in [0.25, 0.3) is 5.56 Å². The van der Waals surface area contributed by atoms with E-state index in [1.807, 2.05) is 6.92 Å². The van der Waals surface area contributed by atoms with Crippen LogP contribution in [-0.4, -0.2) is 47.1 Å². The molecule has 0 bridgehead atoms. The van der Waals surface area contributed by atoms with Gasteiger partial charge in [0.2, 0.25) is 14.2 Å². The van der Waals surface area contributed by atoms with Gasteiger partial charge in [-0.15, -0.1) is 11.3 Å². The van der Waals surface area contributed by atoms with E-state index < -0.39 is 9.84 Å². The maximum atomic E-state index is 12.9. The highest BCUT2D eigenvalue weighted by Crippen LogP contribution is 2.27. The van der Waals surface area contributed by atoms with Gasteiger partial charge in [-0.2, -0.15) is 0 Å². The van der Waals surface area contributed by atoms with Crippen LogP contribution in [0.5, 0.6) is 0 Å². The Hall–Kier alpha value is -2.69. The minimum absolute atomic E-state index is 0.0937. The number of nitrogens with one attached hydrogen (secondary N) is 1. The molecule has 5 rings (SSSR count). The third-order valence-electron chi connectivity index (χ3n) is 6.02. The fraction of sp³-hybridized carbons (Fsp3) is 0.391. The van der Waals surface area contributed by atoms with E-state index in [4.69, 9.17) is 4.98 Å². The molecule has 172 valence electrons. The molecule has 0 amide bonds. The smallest absolute Gasteiger partial charge is 0.255 e. The number of benzene rings is 1. The maximum Gasteiger partial charge on any atom is 0.255 e. The van der Waals surface area contributed by atoms with E-state index in [-0.39, 0.29) is 14.8 Å². The average Bonchev–Trinajstić information content (AvgIpc) is 3.30. The number of fused-ring (bicyclic) bond motifs is 1. The predicted molar refractivity (Wildman–Crippen MR) is 127 cm³/mol. The van der Waals surface area contributed by atoms with Crippen LogP contribution in [0.4, 0.5) is 0 Å². The molecule has 0 atom stereocenters. The topological polar surface area (TPSA) is 108 Å². The van der Waals surface area contributed by atoms with Gasteiger partial charge in [-0.25, -0.2) is 18.4 Å². The molecule has 1 aromatic carbocycles. The summed E-state index contributed by atoms with van der Waals surface area (Å²) in [6.07, 6.45) is 5.30. The number of sulfone groups is 1. The molecule has 0 fully saturated rings. The van der Waals surface area contributed by atoms with Gasteiger partial charge in [0.05, 0.1) is 21.9 Å².